The first-order chi connectivity index (χ1) is 9.60. The van der Waals surface area contributed by atoms with E-state index >= 15 is 0 Å². The first kappa shape index (κ1) is 16.7. The van der Waals surface area contributed by atoms with Crippen LogP contribution in [-0.2, 0) is 11.2 Å². The second-order valence-electron chi connectivity index (χ2n) is 5.09. The molecule has 0 bridgehead atoms. The lowest BCUT2D eigenvalue weighted by atomic mass is 10.1. The maximum Gasteiger partial charge on any atom is 0.132 e. The minimum Gasteiger partial charge on any atom is -0.380 e. The van der Waals surface area contributed by atoms with Gasteiger partial charge in [0, 0.05) is 25.6 Å². The van der Waals surface area contributed by atoms with Crippen LogP contribution >= 0.6 is 0 Å². The molecular weight excluding hydrogens is 252 g/mol. The summed E-state index contributed by atoms with van der Waals surface area (Å²) >= 11 is 0. The highest BCUT2D eigenvalue weighted by Gasteiger charge is 2.14. The van der Waals surface area contributed by atoms with Crippen LogP contribution in [0.5, 0.6) is 0 Å². The Morgan fingerprint density at radius 3 is 2.40 bits per heavy atom. The molecule has 0 saturated carbocycles. The van der Waals surface area contributed by atoms with Crippen molar-refractivity contribution >= 4 is 11.6 Å². The molecule has 0 radical (unpaired) electrons. The van der Waals surface area contributed by atoms with Crippen LogP contribution in [0, 0.1) is 5.92 Å². The van der Waals surface area contributed by atoms with Gasteiger partial charge >= 0.3 is 0 Å². The van der Waals surface area contributed by atoms with E-state index in [2.05, 4.69) is 48.3 Å². The molecule has 0 aliphatic rings. The molecule has 2 N–H and O–H groups in total. The zero-order valence-corrected chi connectivity index (χ0v) is 13.4. The van der Waals surface area contributed by atoms with Crippen LogP contribution in [0.1, 0.15) is 40.4 Å². The third-order valence-corrected chi connectivity index (χ3v) is 3.09. The highest BCUT2D eigenvalue weighted by atomic mass is 16.5. The number of hydrogen-bond donors (Lipinski definition) is 2. The van der Waals surface area contributed by atoms with Crippen LogP contribution in [-0.4, -0.2) is 35.8 Å². The molecule has 0 aromatic carbocycles. The summed E-state index contributed by atoms with van der Waals surface area (Å²) in [4.78, 5) is 9.01. The van der Waals surface area contributed by atoms with Gasteiger partial charge in [-0.25, -0.2) is 9.97 Å². The molecule has 0 amide bonds. The third kappa shape index (κ3) is 5.33. The fourth-order valence-corrected chi connectivity index (χ4v) is 1.84. The van der Waals surface area contributed by atoms with Gasteiger partial charge in [-0.1, -0.05) is 20.8 Å². The lowest BCUT2D eigenvalue weighted by molar-refractivity contribution is 0.126. The topological polar surface area (TPSA) is 59.1 Å². The predicted molar refractivity (Wildman–Crippen MR) is 84.3 cm³/mol. The molecule has 1 aromatic rings. The second kappa shape index (κ2) is 8.74. The molecule has 5 heteroatoms. The smallest absolute Gasteiger partial charge is 0.132 e. The van der Waals surface area contributed by atoms with Crippen molar-refractivity contribution in [3.63, 3.8) is 0 Å². The van der Waals surface area contributed by atoms with E-state index in [1.807, 2.05) is 13.0 Å². The van der Waals surface area contributed by atoms with E-state index in [9.17, 15) is 0 Å². The van der Waals surface area contributed by atoms with E-state index < -0.39 is 0 Å². The minimum atomic E-state index is 0.254. The van der Waals surface area contributed by atoms with E-state index in [0.717, 1.165) is 37.0 Å². The number of nitrogens with zero attached hydrogens (tertiary/aromatic N) is 2. The van der Waals surface area contributed by atoms with Crippen molar-refractivity contribution in [2.24, 2.45) is 5.92 Å². The number of hydrogen-bond acceptors (Lipinski definition) is 5. The van der Waals surface area contributed by atoms with Gasteiger partial charge in [0.25, 0.3) is 0 Å². The highest BCUT2D eigenvalue weighted by molar-refractivity contribution is 5.48. The van der Waals surface area contributed by atoms with Gasteiger partial charge in [0.05, 0.1) is 12.6 Å². The van der Waals surface area contributed by atoms with Gasteiger partial charge in [0.1, 0.15) is 17.5 Å². The number of rotatable bonds is 9. The van der Waals surface area contributed by atoms with Crippen LogP contribution in [0.15, 0.2) is 6.07 Å². The van der Waals surface area contributed by atoms with Gasteiger partial charge in [-0.2, -0.15) is 0 Å². The summed E-state index contributed by atoms with van der Waals surface area (Å²) < 4.78 is 5.54. The largest absolute Gasteiger partial charge is 0.380 e. The molecule has 20 heavy (non-hydrogen) atoms. The van der Waals surface area contributed by atoms with Gasteiger partial charge in [-0.05, 0) is 19.8 Å². The molecule has 1 unspecified atom stereocenters. The van der Waals surface area contributed by atoms with Crippen molar-refractivity contribution in [1.29, 1.82) is 0 Å². The molecular formula is C15H28N4O. The third-order valence-electron chi connectivity index (χ3n) is 3.09. The minimum absolute atomic E-state index is 0.254. The molecule has 114 valence electrons. The second-order valence-corrected chi connectivity index (χ2v) is 5.09. The Labute approximate surface area is 122 Å². The van der Waals surface area contributed by atoms with Crippen molar-refractivity contribution < 1.29 is 4.74 Å². The summed E-state index contributed by atoms with van der Waals surface area (Å²) in [6.45, 7) is 12.8. The molecule has 0 aliphatic heterocycles. The number of aryl methyl sites for hydroxylation is 1. The maximum absolute atomic E-state index is 5.54. The summed E-state index contributed by atoms with van der Waals surface area (Å²) in [7, 11) is 0. The van der Waals surface area contributed by atoms with Crippen molar-refractivity contribution in [3.8, 4) is 0 Å². The molecule has 1 atom stereocenters. The standard InChI is InChI=1S/C15H28N4O/c1-6-13-18-14(16-7-2)9-15(19-13)17-12(11(4)5)10-20-8-3/h9,11-12H,6-8,10H2,1-5H3,(H2,16,17,18,19). The number of ether oxygens (including phenoxy) is 1. The highest BCUT2D eigenvalue weighted by Crippen LogP contribution is 2.15. The summed E-state index contributed by atoms with van der Waals surface area (Å²) in [6, 6.07) is 2.22. The number of anilines is 2. The van der Waals surface area contributed by atoms with Crippen LogP contribution in [0.3, 0.4) is 0 Å². The van der Waals surface area contributed by atoms with E-state index in [1.54, 1.807) is 0 Å². The van der Waals surface area contributed by atoms with Crippen molar-refractivity contribution in [2.75, 3.05) is 30.4 Å². The quantitative estimate of drug-likeness (QED) is 0.728. The Bertz CT molecular complexity index is 395. The molecule has 1 aromatic heterocycles. The molecule has 0 fully saturated rings. The fourth-order valence-electron chi connectivity index (χ4n) is 1.84. The monoisotopic (exact) mass is 280 g/mol. The number of nitrogens with one attached hydrogen (secondary N) is 2. The Hall–Kier alpha value is -1.36. The van der Waals surface area contributed by atoms with Crippen LogP contribution in [0.25, 0.3) is 0 Å². The van der Waals surface area contributed by atoms with E-state index in [-0.39, 0.29) is 6.04 Å². The first-order valence-corrected chi connectivity index (χ1v) is 7.56. The Morgan fingerprint density at radius 2 is 1.85 bits per heavy atom. The summed E-state index contributed by atoms with van der Waals surface area (Å²) in [6.07, 6.45) is 0.825. The van der Waals surface area contributed by atoms with Gasteiger partial charge in [0.2, 0.25) is 0 Å². The fraction of sp³-hybridized carbons (Fsp3) is 0.733. The van der Waals surface area contributed by atoms with Crippen LogP contribution < -0.4 is 10.6 Å². The van der Waals surface area contributed by atoms with Gasteiger partial charge in [0.15, 0.2) is 0 Å². The maximum atomic E-state index is 5.54. The average Bonchev–Trinajstić information content (AvgIpc) is 2.43. The molecule has 0 aliphatic carbocycles. The summed E-state index contributed by atoms with van der Waals surface area (Å²) in [5.41, 5.74) is 0. The Morgan fingerprint density at radius 1 is 1.15 bits per heavy atom. The van der Waals surface area contributed by atoms with Gasteiger partial charge in [-0.15, -0.1) is 0 Å². The SMILES string of the molecule is CCNc1cc(NC(COCC)C(C)C)nc(CC)n1. The van der Waals surface area contributed by atoms with E-state index in [0.29, 0.717) is 12.5 Å². The summed E-state index contributed by atoms with van der Waals surface area (Å²) in [5.74, 6) is 3.07. The van der Waals surface area contributed by atoms with Gasteiger partial charge < -0.3 is 15.4 Å². The lowest BCUT2D eigenvalue weighted by Gasteiger charge is -2.23. The van der Waals surface area contributed by atoms with Crippen LogP contribution in [0.4, 0.5) is 11.6 Å². The zero-order valence-electron chi connectivity index (χ0n) is 13.4. The average molecular weight is 280 g/mol. The molecule has 0 saturated heterocycles. The van der Waals surface area contributed by atoms with Crippen molar-refractivity contribution in [1.82, 2.24) is 9.97 Å². The zero-order chi connectivity index (χ0) is 15.0. The lowest BCUT2D eigenvalue weighted by Crippen LogP contribution is -2.31. The van der Waals surface area contributed by atoms with E-state index in [4.69, 9.17) is 4.74 Å². The molecule has 1 heterocycles. The van der Waals surface area contributed by atoms with Crippen LogP contribution in [0.2, 0.25) is 0 Å². The molecule has 0 spiro atoms. The Balaban J connectivity index is 2.84. The number of aromatic nitrogens is 2. The Kier molecular flexibility index (Phi) is 7.30. The summed E-state index contributed by atoms with van der Waals surface area (Å²) in [5, 5.41) is 6.72. The predicted octanol–water partition coefficient (Wildman–Crippen LogP) is 2.94. The van der Waals surface area contributed by atoms with Crippen molar-refractivity contribution in [3.05, 3.63) is 11.9 Å². The first-order valence-electron chi connectivity index (χ1n) is 7.56. The van der Waals surface area contributed by atoms with E-state index in [1.165, 1.54) is 0 Å². The molecule has 1 rings (SSSR count). The van der Waals surface area contributed by atoms with Crippen molar-refractivity contribution in [2.45, 2.75) is 47.1 Å². The van der Waals surface area contributed by atoms with Gasteiger partial charge in [-0.3, -0.25) is 0 Å². The normalized spacial score (nSPS) is 12.5. The molecule has 5 nitrogen and oxygen atoms in total.